The molecule has 10 heteroatoms. The van der Waals surface area contributed by atoms with Gasteiger partial charge in [0.15, 0.2) is 0 Å². The average Bonchev–Trinajstić information content (AvgIpc) is 2.74. The zero-order valence-corrected chi connectivity index (χ0v) is 17.4. The molecule has 1 aliphatic carbocycles. The fourth-order valence-electron chi connectivity index (χ4n) is 3.23. The summed E-state index contributed by atoms with van der Waals surface area (Å²) in [5.74, 6) is 1.50. The van der Waals surface area contributed by atoms with Crippen LogP contribution in [0.15, 0.2) is 35.5 Å². The van der Waals surface area contributed by atoms with E-state index >= 15 is 0 Å². The first kappa shape index (κ1) is 21.1. The quantitative estimate of drug-likeness (QED) is 0.688. The number of methoxy groups -OCH3 is 3. The van der Waals surface area contributed by atoms with Crippen molar-refractivity contribution in [3.63, 3.8) is 0 Å². The van der Waals surface area contributed by atoms with Crippen LogP contribution in [0.5, 0.6) is 23.3 Å². The van der Waals surface area contributed by atoms with Gasteiger partial charge in [-0.2, -0.15) is 4.98 Å². The van der Waals surface area contributed by atoms with E-state index in [4.69, 9.17) is 18.9 Å². The number of ether oxygens (including phenoxy) is 4. The summed E-state index contributed by atoms with van der Waals surface area (Å²) in [7, 11) is 0.682. The van der Waals surface area contributed by atoms with Gasteiger partial charge >= 0.3 is 0 Å². The van der Waals surface area contributed by atoms with Gasteiger partial charge in [-0.25, -0.2) is 13.1 Å². The zero-order chi connectivity index (χ0) is 20.9. The molecule has 0 amide bonds. The van der Waals surface area contributed by atoms with Crippen molar-refractivity contribution in [1.82, 2.24) is 14.7 Å². The Morgan fingerprint density at radius 3 is 2.34 bits per heavy atom. The first-order valence-electron chi connectivity index (χ1n) is 9.22. The third-order valence-corrected chi connectivity index (χ3v) is 6.28. The van der Waals surface area contributed by atoms with E-state index < -0.39 is 10.0 Å². The van der Waals surface area contributed by atoms with Crippen LogP contribution < -0.4 is 23.7 Å². The highest BCUT2D eigenvalue weighted by Gasteiger charge is 2.29. The molecule has 1 aromatic heterocycles. The van der Waals surface area contributed by atoms with Gasteiger partial charge in [-0.05, 0) is 37.8 Å². The summed E-state index contributed by atoms with van der Waals surface area (Å²) < 4.78 is 49.8. The molecule has 0 atom stereocenters. The molecule has 1 N–H and O–H groups in total. The third-order valence-electron chi connectivity index (χ3n) is 4.74. The lowest BCUT2D eigenvalue weighted by atomic mass is 9.94. The third kappa shape index (κ3) is 5.27. The second kappa shape index (κ2) is 9.27. The van der Waals surface area contributed by atoms with Gasteiger partial charge in [0.05, 0.1) is 33.7 Å². The van der Waals surface area contributed by atoms with Gasteiger partial charge in [-0.3, -0.25) is 4.98 Å². The van der Waals surface area contributed by atoms with Crippen LogP contribution in [0.3, 0.4) is 0 Å². The molecule has 1 fully saturated rings. The normalized spacial score (nSPS) is 19.4. The molecule has 1 aliphatic rings. The van der Waals surface area contributed by atoms with Gasteiger partial charge in [0.25, 0.3) is 0 Å². The van der Waals surface area contributed by atoms with Crippen molar-refractivity contribution in [3.05, 3.63) is 30.6 Å². The van der Waals surface area contributed by atoms with E-state index in [0.717, 1.165) is 0 Å². The largest absolute Gasteiger partial charge is 0.497 e. The van der Waals surface area contributed by atoms with E-state index in [2.05, 4.69) is 14.7 Å². The Morgan fingerprint density at radius 2 is 1.69 bits per heavy atom. The van der Waals surface area contributed by atoms with Gasteiger partial charge in [-0.15, -0.1) is 0 Å². The Morgan fingerprint density at radius 1 is 0.966 bits per heavy atom. The van der Waals surface area contributed by atoms with Crippen LogP contribution in [-0.2, 0) is 10.0 Å². The fraction of sp³-hybridized carbons (Fsp3) is 0.474. The van der Waals surface area contributed by atoms with Crippen molar-refractivity contribution in [2.24, 2.45) is 0 Å². The van der Waals surface area contributed by atoms with E-state index in [9.17, 15) is 8.42 Å². The Kier molecular flexibility index (Phi) is 6.75. The predicted octanol–water partition coefficient (Wildman–Crippen LogP) is 2.17. The summed E-state index contributed by atoms with van der Waals surface area (Å²) >= 11 is 0. The lowest BCUT2D eigenvalue weighted by Crippen LogP contribution is -2.39. The van der Waals surface area contributed by atoms with Gasteiger partial charge in [0.2, 0.25) is 21.8 Å². The van der Waals surface area contributed by atoms with Crippen LogP contribution >= 0.6 is 0 Å². The number of rotatable bonds is 8. The average molecular weight is 423 g/mol. The highest BCUT2D eigenvalue weighted by Crippen LogP contribution is 2.30. The molecule has 1 heterocycles. The number of nitrogens with one attached hydrogen (secondary N) is 1. The number of hydrogen-bond donors (Lipinski definition) is 1. The first-order chi connectivity index (χ1) is 13.9. The maximum Gasteiger partial charge on any atom is 0.244 e. The van der Waals surface area contributed by atoms with Gasteiger partial charge in [0, 0.05) is 12.1 Å². The van der Waals surface area contributed by atoms with E-state index in [-0.39, 0.29) is 22.8 Å². The summed E-state index contributed by atoms with van der Waals surface area (Å²) in [4.78, 5) is 8.28. The number of sulfonamides is 1. The maximum absolute atomic E-state index is 12.9. The van der Waals surface area contributed by atoms with Crippen molar-refractivity contribution in [2.45, 2.75) is 42.7 Å². The highest BCUT2D eigenvalue weighted by molar-refractivity contribution is 7.89. The number of hydrogen-bond acceptors (Lipinski definition) is 8. The molecule has 158 valence electrons. The molecular formula is C19H25N3O6S. The lowest BCUT2D eigenvalue weighted by Gasteiger charge is -2.29. The fourth-order valence-corrected chi connectivity index (χ4v) is 4.72. The molecule has 0 radical (unpaired) electrons. The Balaban J connectivity index is 1.61. The van der Waals surface area contributed by atoms with Crippen LogP contribution in [0, 0.1) is 0 Å². The van der Waals surface area contributed by atoms with E-state index in [1.807, 2.05) is 0 Å². The van der Waals surface area contributed by atoms with Crippen molar-refractivity contribution >= 4 is 10.0 Å². The Labute approximate surface area is 170 Å². The maximum atomic E-state index is 12.9. The van der Waals surface area contributed by atoms with E-state index in [1.165, 1.54) is 39.8 Å². The summed E-state index contributed by atoms with van der Waals surface area (Å²) in [5, 5.41) is 0. The van der Waals surface area contributed by atoms with Crippen molar-refractivity contribution in [3.8, 4) is 23.3 Å². The van der Waals surface area contributed by atoms with Gasteiger partial charge < -0.3 is 18.9 Å². The van der Waals surface area contributed by atoms with Crippen LogP contribution in [0.25, 0.3) is 0 Å². The molecule has 0 aliphatic heterocycles. The molecule has 0 saturated heterocycles. The molecule has 9 nitrogen and oxygen atoms in total. The van der Waals surface area contributed by atoms with Gasteiger partial charge in [0.1, 0.15) is 22.5 Å². The van der Waals surface area contributed by atoms with Crippen molar-refractivity contribution in [2.75, 3.05) is 21.3 Å². The summed E-state index contributed by atoms with van der Waals surface area (Å²) in [6, 6.07) is 4.50. The number of benzene rings is 1. The minimum Gasteiger partial charge on any atom is -0.497 e. The monoisotopic (exact) mass is 423 g/mol. The molecule has 2 aromatic rings. The molecular weight excluding hydrogens is 398 g/mol. The molecule has 3 rings (SSSR count). The number of aromatic nitrogens is 2. The SMILES string of the molecule is COc1ccc(OC)c(S(=O)(=O)NC2CCC(Oc3cncc(OC)n3)CC2)c1. The molecule has 0 unspecified atom stereocenters. The second-order valence-corrected chi connectivity index (χ2v) is 8.31. The molecule has 0 spiro atoms. The molecule has 0 bridgehead atoms. The smallest absolute Gasteiger partial charge is 0.244 e. The molecule has 1 aromatic carbocycles. The van der Waals surface area contributed by atoms with Gasteiger partial charge in [-0.1, -0.05) is 0 Å². The molecule has 1 saturated carbocycles. The minimum absolute atomic E-state index is 0.0523. The Hall–Kier alpha value is -2.59. The summed E-state index contributed by atoms with van der Waals surface area (Å²) in [6.45, 7) is 0. The summed E-state index contributed by atoms with van der Waals surface area (Å²) in [5.41, 5.74) is 0. The zero-order valence-electron chi connectivity index (χ0n) is 16.6. The van der Waals surface area contributed by atoms with Crippen molar-refractivity contribution in [1.29, 1.82) is 0 Å². The topological polar surface area (TPSA) is 109 Å². The lowest BCUT2D eigenvalue weighted by molar-refractivity contribution is 0.136. The van der Waals surface area contributed by atoms with Crippen LogP contribution in [0.4, 0.5) is 0 Å². The van der Waals surface area contributed by atoms with Crippen LogP contribution in [-0.4, -0.2) is 51.9 Å². The molecule has 29 heavy (non-hydrogen) atoms. The standard InChI is InChI=1S/C19H25N3O6S/c1-25-15-8-9-16(26-2)17(10-15)29(23,24)22-13-4-6-14(7-5-13)28-19-12-20-11-18(21-19)27-3/h8-14,22H,4-7H2,1-3H3. The van der Waals surface area contributed by atoms with Crippen LogP contribution in [0.1, 0.15) is 25.7 Å². The number of nitrogens with zero attached hydrogens (tertiary/aromatic N) is 2. The first-order valence-corrected chi connectivity index (χ1v) is 10.7. The van der Waals surface area contributed by atoms with E-state index in [0.29, 0.717) is 43.2 Å². The predicted molar refractivity (Wildman–Crippen MR) is 105 cm³/mol. The van der Waals surface area contributed by atoms with E-state index in [1.54, 1.807) is 12.1 Å². The minimum atomic E-state index is -3.76. The summed E-state index contributed by atoms with van der Waals surface area (Å²) in [6.07, 6.45) is 5.67. The van der Waals surface area contributed by atoms with Crippen molar-refractivity contribution < 1.29 is 27.4 Å². The second-order valence-electron chi connectivity index (χ2n) is 6.63. The Bertz CT molecular complexity index is 929. The van der Waals surface area contributed by atoms with Crippen LogP contribution in [0.2, 0.25) is 0 Å². The highest BCUT2D eigenvalue weighted by atomic mass is 32.2.